The Bertz CT molecular complexity index is 1160. The van der Waals surface area contributed by atoms with E-state index in [4.69, 9.17) is 0 Å². The van der Waals surface area contributed by atoms with Crippen molar-refractivity contribution in [2.75, 3.05) is 5.32 Å². The number of nitrogens with one attached hydrogen (secondary N) is 2. The molecule has 4 aromatic rings. The molecule has 0 saturated carbocycles. The van der Waals surface area contributed by atoms with Crippen LogP contribution in [-0.4, -0.2) is 20.9 Å². The molecule has 0 saturated heterocycles. The zero-order chi connectivity index (χ0) is 19.7. The Hall–Kier alpha value is -3.20. The van der Waals surface area contributed by atoms with Crippen molar-refractivity contribution in [1.29, 1.82) is 0 Å². The lowest BCUT2D eigenvalue weighted by molar-refractivity contribution is 0.102. The minimum atomic E-state index is -2.71. The normalized spacial score (nSPS) is 11.3. The molecule has 2 heterocycles. The first-order valence-electron chi connectivity index (χ1n) is 8.27. The summed E-state index contributed by atoms with van der Waals surface area (Å²) >= 11 is 1.24. The number of hydrogen-bond donors (Lipinski definition) is 2. The Morgan fingerprint density at radius 2 is 2.04 bits per heavy atom. The van der Waals surface area contributed by atoms with Crippen LogP contribution in [0.15, 0.2) is 48.7 Å². The summed E-state index contributed by atoms with van der Waals surface area (Å²) in [6, 6.07) is 10.9. The maximum Gasteiger partial charge on any atom is 0.295 e. The van der Waals surface area contributed by atoms with E-state index in [9.17, 15) is 18.0 Å². The van der Waals surface area contributed by atoms with E-state index in [0.717, 1.165) is 4.88 Å². The predicted octanol–water partition coefficient (Wildman–Crippen LogP) is 4.94. The number of hydrogen-bond acceptors (Lipinski definition) is 4. The Morgan fingerprint density at radius 1 is 1.21 bits per heavy atom. The van der Waals surface area contributed by atoms with Gasteiger partial charge in [-0.3, -0.25) is 10.1 Å². The van der Waals surface area contributed by atoms with Crippen LogP contribution in [0.5, 0.6) is 0 Å². The van der Waals surface area contributed by atoms with Crippen LogP contribution in [0.4, 0.5) is 18.3 Å². The van der Waals surface area contributed by atoms with Crippen molar-refractivity contribution in [3.05, 3.63) is 76.3 Å². The number of aromatic amines is 1. The van der Waals surface area contributed by atoms with Gasteiger partial charge in [0, 0.05) is 23.1 Å². The van der Waals surface area contributed by atoms with Crippen LogP contribution in [0.2, 0.25) is 0 Å². The monoisotopic (exact) mass is 402 g/mol. The number of carbonyl (C=O) groups excluding carboxylic acids is 1. The molecule has 2 aromatic heterocycles. The highest BCUT2D eigenvalue weighted by atomic mass is 32.1. The largest absolute Gasteiger partial charge is 0.337 e. The number of carbonyl (C=O) groups is 1. The van der Waals surface area contributed by atoms with E-state index in [2.05, 4.69) is 20.3 Å². The molecule has 0 fully saturated rings. The molecule has 0 aliphatic carbocycles. The molecular weight excluding hydrogens is 389 g/mol. The third-order valence-electron chi connectivity index (χ3n) is 4.07. The van der Waals surface area contributed by atoms with E-state index in [1.165, 1.54) is 35.6 Å². The number of nitrogens with zero attached hydrogens (tertiary/aromatic N) is 2. The maximum absolute atomic E-state index is 13.8. The van der Waals surface area contributed by atoms with Gasteiger partial charge in [-0.05, 0) is 29.8 Å². The third kappa shape index (κ3) is 3.74. The highest BCUT2D eigenvalue weighted by molar-refractivity contribution is 7.15. The molecule has 2 N–H and O–H groups in total. The zero-order valence-electron chi connectivity index (χ0n) is 14.2. The molecular formula is C19H13F3N4OS. The standard InChI is InChI=1S/C19H13F3N4OS/c20-13-4-2-1-3-10(13)7-12-9-23-19(28-12)26-18(27)11-5-6-14-15(8-11)25-17(24-14)16(21)22/h1-6,8-9,16H,7H2,(H,24,25)(H,23,26,27). The molecule has 142 valence electrons. The Balaban J connectivity index is 1.48. The number of alkyl halides is 2. The van der Waals surface area contributed by atoms with Crippen LogP contribution in [-0.2, 0) is 6.42 Å². The average Bonchev–Trinajstić information content (AvgIpc) is 3.29. The lowest BCUT2D eigenvalue weighted by Crippen LogP contribution is -2.11. The number of H-pyrrole nitrogens is 1. The number of anilines is 1. The summed E-state index contributed by atoms with van der Waals surface area (Å²) in [4.78, 5) is 23.6. The average molecular weight is 402 g/mol. The maximum atomic E-state index is 13.8. The molecule has 0 radical (unpaired) electrons. The third-order valence-corrected chi connectivity index (χ3v) is 4.98. The van der Waals surface area contributed by atoms with Gasteiger partial charge in [0.15, 0.2) is 11.0 Å². The van der Waals surface area contributed by atoms with Crippen molar-refractivity contribution >= 4 is 33.4 Å². The molecule has 0 aliphatic heterocycles. The van der Waals surface area contributed by atoms with Crippen LogP contribution in [0.1, 0.15) is 33.0 Å². The smallest absolute Gasteiger partial charge is 0.295 e. The summed E-state index contributed by atoms with van der Waals surface area (Å²) in [5.74, 6) is -1.16. The first-order valence-corrected chi connectivity index (χ1v) is 9.08. The molecule has 0 bridgehead atoms. The summed E-state index contributed by atoms with van der Waals surface area (Å²) in [6.07, 6.45) is -0.760. The minimum absolute atomic E-state index is 0.280. The fraction of sp³-hybridized carbons (Fsp3) is 0.105. The van der Waals surface area contributed by atoms with Crippen LogP contribution < -0.4 is 5.32 Å². The van der Waals surface area contributed by atoms with Gasteiger partial charge in [-0.15, -0.1) is 11.3 Å². The van der Waals surface area contributed by atoms with Gasteiger partial charge in [-0.1, -0.05) is 18.2 Å². The second kappa shape index (κ2) is 7.43. The number of thiazole rings is 1. The molecule has 9 heteroatoms. The molecule has 0 aliphatic rings. The van der Waals surface area contributed by atoms with Crippen molar-refractivity contribution in [3.8, 4) is 0 Å². The number of aromatic nitrogens is 3. The second-order valence-corrected chi connectivity index (χ2v) is 7.12. The van der Waals surface area contributed by atoms with Gasteiger partial charge in [0.05, 0.1) is 11.0 Å². The van der Waals surface area contributed by atoms with Gasteiger partial charge in [-0.25, -0.2) is 23.1 Å². The van der Waals surface area contributed by atoms with Crippen LogP contribution in [0.3, 0.4) is 0 Å². The number of fused-ring (bicyclic) bond motifs is 1. The highest BCUT2D eigenvalue weighted by Gasteiger charge is 2.15. The minimum Gasteiger partial charge on any atom is -0.337 e. The predicted molar refractivity (Wildman–Crippen MR) is 100 cm³/mol. The van der Waals surface area contributed by atoms with Crippen LogP contribution >= 0.6 is 11.3 Å². The van der Waals surface area contributed by atoms with E-state index in [1.807, 2.05) is 0 Å². The summed E-state index contributed by atoms with van der Waals surface area (Å²) in [5, 5.41) is 3.04. The number of benzene rings is 2. The number of imidazole rings is 1. The molecule has 28 heavy (non-hydrogen) atoms. The topological polar surface area (TPSA) is 70.7 Å². The summed E-state index contributed by atoms with van der Waals surface area (Å²) in [6.45, 7) is 0. The molecule has 0 spiro atoms. The first kappa shape index (κ1) is 18.2. The van der Waals surface area contributed by atoms with Gasteiger partial charge >= 0.3 is 0 Å². The first-order chi connectivity index (χ1) is 13.5. The molecule has 0 unspecified atom stereocenters. The fourth-order valence-corrected chi connectivity index (χ4v) is 3.55. The van der Waals surface area contributed by atoms with Gasteiger partial charge < -0.3 is 4.98 Å². The number of amides is 1. The summed E-state index contributed by atoms with van der Waals surface area (Å²) in [7, 11) is 0. The Labute approximate surface area is 161 Å². The van der Waals surface area contributed by atoms with E-state index < -0.39 is 18.2 Å². The van der Waals surface area contributed by atoms with E-state index >= 15 is 0 Å². The summed E-state index contributed by atoms with van der Waals surface area (Å²) in [5.41, 5.74) is 1.53. The lowest BCUT2D eigenvalue weighted by Gasteiger charge is -2.02. The molecule has 2 aromatic carbocycles. The number of rotatable bonds is 5. The number of halogens is 3. The van der Waals surface area contributed by atoms with E-state index in [1.54, 1.807) is 24.4 Å². The van der Waals surface area contributed by atoms with Gasteiger partial charge in [0.25, 0.3) is 12.3 Å². The molecule has 5 nitrogen and oxygen atoms in total. The van der Waals surface area contributed by atoms with E-state index in [0.29, 0.717) is 28.1 Å². The van der Waals surface area contributed by atoms with Crippen LogP contribution in [0, 0.1) is 5.82 Å². The molecule has 4 rings (SSSR count). The van der Waals surface area contributed by atoms with Crippen molar-refractivity contribution in [3.63, 3.8) is 0 Å². The van der Waals surface area contributed by atoms with Crippen molar-refractivity contribution in [2.45, 2.75) is 12.8 Å². The molecule has 1 amide bonds. The second-order valence-electron chi connectivity index (χ2n) is 6.01. The lowest BCUT2D eigenvalue weighted by atomic mass is 10.1. The summed E-state index contributed by atoms with van der Waals surface area (Å²) < 4.78 is 39.2. The van der Waals surface area contributed by atoms with Gasteiger partial charge in [0.2, 0.25) is 0 Å². The zero-order valence-corrected chi connectivity index (χ0v) is 15.1. The van der Waals surface area contributed by atoms with E-state index in [-0.39, 0.29) is 11.4 Å². The quantitative estimate of drug-likeness (QED) is 0.497. The van der Waals surface area contributed by atoms with Gasteiger partial charge in [0.1, 0.15) is 5.82 Å². The Morgan fingerprint density at radius 3 is 2.82 bits per heavy atom. The van der Waals surface area contributed by atoms with Crippen molar-refractivity contribution < 1.29 is 18.0 Å². The van der Waals surface area contributed by atoms with Gasteiger partial charge in [-0.2, -0.15) is 0 Å². The van der Waals surface area contributed by atoms with Crippen LogP contribution in [0.25, 0.3) is 11.0 Å². The SMILES string of the molecule is O=C(Nc1ncc(Cc2ccccc2F)s1)c1ccc2nc(C(F)F)[nH]c2c1. The Kier molecular flexibility index (Phi) is 4.82. The van der Waals surface area contributed by atoms with Crippen molar-refractivity contribution in [2.24, 2.45) is 0 Å². The molecule has 0 atom stereocenters. The fourth-order valence-electron chi connectivity index (χ4n) is 2.72. The van der Waals surface area contributed by atoms with Crippen molar-refractivity contribution in [1.82, 2.24) is 15.0 Å². The highest BCUT2D eigenvalue weighted by Crippen LogP contribution is 2.24.